The maximum Gasteiger partial charge on any atom is 0.267 e. The van der Waals surface area contributed by atoms with Gasteiger partial charge in [0.2, 0.25) is 0 Å². The van der Waals surface area contributed by atoms with Crippen LogP contribution >= 0.6 is 0 Å². The largest absolute Gasteiger partial charge is 0.481 e. The lowest BCUT2D eigenvalue weighted by atomic mass is 10.1. The first-order valence-corrected chi connectivity index (χ1v) is 10.0. The Labute approximate surface area is 176 Å². The average Bonchev–Trinajstić information content (AvgIpc) is 2.80. The molecule has 0 aliphatic carbocycles. The third-order valence-electron chi connectivity index (χ3n) is 4.91. The number of benzene rings is 3. The number of para-hydroxylation sites is 3. The molecule has 0 saturated heterocycles. The van der Waals surface area contributed by atoms with Gasteiger partial charge >= 0.3 is 0 Å². The maximum atomic E-state index is 12.9. The summed E-state index contributed by atoms with van der Waals surface area (Å²) in [4.78, 5) is 23.7. The molecule has 3 aromatic carbocycles. The van der Waals surface area contributed by atoms with Crippen molar-refractivity contribution in [3.05, 3.63) is 85.1 Å². The van der Waals surface area contributed by atoms with Crippen molar-refractivity contribution in [2.45, 2.75) is 20.0 Å². The highest BCUT2D eigenvalue weighted by molar-refractivity contribution is 5.96. The average molecular weight is 397 g/mol. The first-order valence-electron chi connectivity index (χ1n) is 10.0. The normalized spacial score (nSPS) is 11.8. The van der Waals surface area contributed by atoms with Crippen LogP contribution in [-0.4, -0.2) is 28.5 Å². The summed E-state index contributed by atoms with van der Waals surface area (Å²) in [7, 11) is 0. The predicted molar refractivity (Wildman–Crippen MR) is 120 cm³/mol. The maximum absolute atomic E-state index is 12.9. The second kappa shape index (κ2) is 8.74. The van der Waals surface area contributed by atoms with Gasteiger partial charge in [0, 0.05) is 17.8 Å². The number of rotatable bonds is 6. The van der Waals surface area contributed by atoms with Crippen molar-refractivity contribution in [2.24, 2.45) is 0 Å². The Kier molecular flexibility index (Phi) is 5.70. The number of fused-ring (bicyclic) bond motifs is 1. The van der Waals surface area contributed by atoms with E-state index in [1.165, 1.54) is 0 Å². The zero-order chi connectivity index (χ0) is 20.9. The molecule has 5 heteroatoms. The molecule has 0 saturated carbocycles. The third kappa shape index (κ3) is 4.15. The van der Waals surface area contributed by atoms with Crippen LogP contribution in [0.1, 0.15) is 13.8 Å². The standard InChI is InChI=1S/C25H23N3O2/c1-3-28(20-9-5-4-6-10-20)25(29)18(2)30-21-15-13-19(14-16-21)24-17-26-22-11-7-8-12-23(22)27-24/h4-18H,3H2,1-2H3/t18-/m0/s1. The molecule has 30 heavy (non-hydrogen) atoms. The van der Waals surface area contributed by atoms with Gasteiger partial charge in [-0.1, -0.05) is 30.3 Å². The molecular weight excluding hydrogens is 374 g/mol. The van der Waals surface area contributed by atoms with E-state index in [4.69, 9.17) is 4.74 Å². The molecule has 1 heterocycles. The quantitative estimate of drug-likeness (QED) is 0.453. The Morgan fingerprint density at radius 1 is 0.933 bits per heavy atom. The van der Waals surface area contributed by atoms with Crippen molar-refractivity contribution in [3.8, 4) is 17.0 Å². The van der Waals surface area contributed by atoms with Gasteiger partial charge in [-0.25, -0.2) is 4.98 Å². The van der Waals surface area contributed by atoms with E-state index in [1.54, 1.807) is 18.0 Å². The summed E-state index contributed by atoms with van der Waals surface area (Å²) in [6.45, 7) is 4.31. The van der Waals surface area contributed by atoms with Crippen LogP contribution in [0.2, 0.25) is 0 Å². The number of carbonyl (C=O) groups is 1. The van der Waals surface area contributed by atoms with Crippen LogP contribution in [0.4, 0.5) is 5.69 Å². The Bertz CT molecular complexity index is 1140. The monoisotopic (exact) mass is 397 g/mol. The van der Waals surface area contributed by atoms with Gasteiger partial charge in [0.05, 0.1) is 22.9 Å². The van der Waals surface area contributed by atoms with Crippen molar-refractivity contribution in [1.29, 1.82) is 0 Å². The molecule has 0 fully saturated rings. The summed E-state index contributed by atoms with van der Waals surface area (Å²) in [6.07, 6.45) is 1.17. The lowest BCUT2D eigenvalue weighted by molar-refractivity contribution is -0.124. The Hall–Kier alpha value is -3.73. The fraction of sp³-hybridized carbons (Fsp3) is 0.160. The van der Waals surface area contributed by atoms with Crippen LogP contribution in [0.5, 0.6) is 5.75 Å². The van der Waals surface area contributed by atoms with Crippen molar-refractivity contribution in [2.75, 3.05) is 11.4 Å². The van der Waals surface area contributed by atoms with E-state index < -0.39 is 6.10 Å². The second-order valence-corrected chi connectivity index (χ2v) is 6.95. The SMILES string of the molecule is CCN(C(=O)[C@H](C)Oc1ccc(-c2cnc3ccccc3n2)cc1)c1ccccc1. The zero-order valence-electron chi connectivity index (χ0n) is 17.0. The van der Waals surface area contributed by atoms with Gasteiger partial charge in [0.25, 0.3) is 5.91 Å². The van der Waals surface area contributed by atoms with Gasteiger partial charge in [-0.05, 0) is 62.4 Å². The minimum Gasteiger partial charge on any atom is -0.481 e. The molecule has 1 aromatic heterocycles. The minimum absolute atomic E-state index is 0.0758. The smallest absolute Gasteiger partial charge is 0.267 e. The van der Waals surface area contributed by atoms with Gasteiger partial charge in [-0.15, -0.1) is 0 Å². The van der Waals surface area contributed by atoms with Crippen LogP contribution < -0.4 is 9.64 Å². The number of likely N-dealkylation sites (N-methyl/N-ethyl adjacent to an activating group) is 1. The highest BCUT2D eigenvalue weighted by Crippen LogP contribution is 2.23. The molecule has 150 valence electrons. The first-order chi connectivity index (χ1) is 14.7. The van der Waals surface area contributed by atoms with Crippen molar-refractivity contribution in [3.63, 3.8) is 0 Å². The summed E-state index contributed by atoms with van der Waals surface area (Å²) in [5, 5.41) is 0. The summed E-state index contributed by atoms with van der Waals surface area (Å²) in [6, 6.07) is 25.0. The minimum atomic E-state index is -0.600. The van der Waals surface area contributed by atoms with E-state index in [9.17, 15) is 4.79 Å². The number of anilines is 1. The third-order valence-corrected chi connectivity index (χ3v) is 4.91. The first kappa shape index (κ1) is 19.6. The van der Waals surface area contributed by atoms with Crippen molar-refractivity contribution < 1.29 is 9.53 Å². The fourth-order valence-corrected chi connectivity index (χ4v) is 3.35. The van der Waals surface area contributed by atoms with Gasteiger partial charge in [0.15, 0.2) is 6.10 Å². The topological polar surface area (TPSA) is 55.3 Å². The summed E-state index contributed by atoms with van der Waals surface area (Å²) >= 11 is 0. The second-order valence-electron chi connectivity index (χ2n) is 6.95. The van der Waals surface area contributed by atoms with E-state index in [-0.39, 0.29) is 5.91 Å². The number of carbonyl (C=O) groups excluding carboxylic acids is 1. The van der Waals surface area contributed by atoms with E-state index in [2.05, 4.69) is 9.97 Å². The van der Waals surface area contributed by atoms with Crippen molar-refractivity contribution >= 4 is 22.6 Å². The van der Waals surface area contributed by atoms with Crippen LogP contribution in [0, 0.1) is 0 Å². The van der Waals surface area contributed by atoms with Gasteiger partial charge < -0.3 is 9.64 Å². The predicted octanol–water partition coefficient (Wildman–Crippen LogP) is 5.12. The molecule has 0 N–H and O–H groups in total. The number of hydrogen-bond donors (Lipinski definition) is 0. The molecule has 4 aromatic rings. The fourth-order valence-electron chi connectivity index (χ4n) is 3.35. The lowest BCUT2D eigenvalue weighted by Crippen LogP contribution is -2.40. The van der Waals surface area contributed by atoms with Crippen molar-refractivity contribution in [1.82, 2.24) is 9.97 Å². The molecule has 0 bridgehead atoms. The van der Waals surface area contributed by atoms with E-state index in [0.29, 0.717) is 12.3 Å². The molecule has 5 nitrogen and oxygen atoms in total. The molecule has 0 unspecified atom stereocenters. The number of ether oxygens (including phenoxy) is 1. The number of amides is 1. The number of hydrogen-bond acceptors (Lipinski definition) is 4. The van der Waals surface area contributed by atoms with Gasteiger partial charge in [0.1, 0.15) is 5.75 Å². The molecule has 1 amide bonds. The Balaban J connectivity index is 1.47. The molecule has 0 aliphatic heterocycles. The van der Waals surface area contributed by atoms with Crippen LogP contribution in [0.25, 0.3) is 22.3 Å². The van der Waals surface area contributed by atoms with Crippen LogP contribution in [0.3, 0.4) is 0 Å². The molecule has 4 rings (SSSR count). The lowest BCUT2D eigenvalue weighted by Gasteiger charge is -2.25. The summed E-state index contributed by atoms with van der Waals surface area (Å²) in [5.41, 5.74) is 4.33. The number of nitrogens with zero attached hydrogens (tertiary/aromatic N) is 3. The van der Waals surface area contributed by atoms with E-state index in [0.717, 1.165) is 28.0 Å². The summed E-state index contributed by atoms with van der Waals surface area (Å²) < 4.78 is 5.91. The molecule has 1 atom stereocenters. The number of aromatic nitrogens is 2. The van der Waals surface area contributed by atoms with Gasteiger partial charge in [-0.3, -0.25) is 9.78 Å². The highest BCUT2D eigenvalue weighted by Gasteiger charge is 2.22. The Morgan fingerprint density at radius 2 is 1.60 bits per heavy atom. The molecule has 0 aliphatic rings. The highest BCUT2D eigenvalue weighted by atomic mass is 16.5. The zero-order valence-corrected chi connectivity index (χ0v) is 17.0. The van der Waals surface area contributed by atoms with E-state index in [1.807, 2.05) is 85.8 Å². The van der Waals surface area contributed by atoms with Gasteiger partial charge in [-0.2, -0.15) is 0 Å². The van der Waals surface area contributed by atoms with E-state index >= 15 is 0 Å². The summed E-state index contributed by atoms with van der Waals surface area (Å²) in [5.74, 6) is 0.561. The Morgan fingerprint density at radius 3 is 2.30 bits per heavy atom. The molecule has 0 radical (unpaired) electrons. The molecule has 0 spiro atoms. The van der Waals surface area contributed by atoms with Crippen LogP contribution in [-0.2, 0) is 4.79 Å². The van der Waals surface area contributed by atoms with Crippen LogP contribution in [0.15, 0.2) is 85.1 Å². The molecular formula is C25H23N3O2.